The molecule has 1 N–H and O–H groups in total. The van der Waals surface area contributed by atoms with Crippen LogP contribution in [0.25, 0.3) is 0 Å². The highest BCUT2D eigenvalue weighted by molar-refractivity contribution is 5.93. The average molecular weight is 262 g/mol. The van der Waals surface area contributed by atoms with Gasteiger partial charge in [0.2, 0.25) is 0 Å². The standard InChI is InChI=1S/C14H22N4O/c1-15-11-6-7-16-13(9-11)14(19)18(3)12-5-4-8-17(2)10-12/h6-7,9,12H,4-5,8,10H2,1-3H3,(H,15,16). The van der Waals surface area contributed by atoms with Gasteiger partial charge in [0.1, 0.15) is 5.69 Å². The molecule has 1 aliphatic heterocycles. The van der Waals surface area contributed by atoms with Gasteiger partial charge in [-0.05, 0) is 38.6 Å². The van der Waals surface area contributed by atoms with Crippen LogP contribution < -0.4 is 5.32 Å². The lowest BCUT2D eigenvalue weighted by atomic mass is 10.0. The highest BCUT2D eigenvalue weighted by Gasteiger charge is 2.25. The summed E-state index contributed by atoms with van der Waals surface area (Å²) >= 11 is 0. The predicted molar refractivity (Wildman–Crippen MR) is 76.4 cm³/mol. The van der Waals surface area contributed by atoms with Crippen molar-refractivity contribution in [3.05, 3.63) is 24.0 Å². The van der Waals surface area contributed by atoms with E-state index in [2.05, 4.69) is 22.2 Å². The third-order valence-corrected chi connectivity index (χ3v) is 3.74. The molecule has 0 bridgehead atoms. The first-order valence-corrected chi connectivity index (χ1v) is 6.71. The van der Waals surface area contributed by atoms with Crippen molar-refractivity contribution in [3.8, 4) is 0 Å². The molecule has 0 aromatic carbocycles. The van der Waals surface area contributed by atoms with Gasteiger partial charge < -0.3 is 15.1 Å². The topological polar surface area (TPSA) is 48.5 Å². The van der Waals surface area contributed by atoms with Crippen molar-refractivity contribution in [1.29, 1.82) is 0 Å². The minimum atomic E-state index is -0.00241. The zero-order chi connectivity index (χ0) is 13.8. The second kappa shape index (κ2) is 6.02. The first-order valence-electron chi connectivity index (χ1n) is 6.71. The number of likely N-dealkylation sites (N-methyl/N-ethyl adjacent to an activating group) is 2. The minimum absolute atomic E-state index is 0.00241. The second-order valence-electron chi connectivity index (χ2n) is 5.15. The van der Waals surface area contributed by atoms with Gasteiger partial charge in [0.15, 0.2) is 0 Å². The highest BCUT2D eigenvalue weighted by Crippen LogP contribution is 2.16. The number of hydrogen-bond donors (Lipinski definition) is 1. The molecular weight excluding hydrogens is 240 g/mol. The molecule has 0 aliphatic carbocycles. The Bertz CT molecular complexity index is 449. The summed E-state index contributed by atoms with van der Waals surface area (Å²) in [6.07, 6.45) is 3.88. The molecule has 0 spiro atoms. The van der Waals surface area contributed by atoms with Crippen LogP contribution in [0.15, 0.2) is 18.3 Å². The van der Waals surface area contributed by atoms with Crippen LogP contribution in [0.4, 0.5) is 5.69 Å². The monoisotopic (exact) mass is 262 g/mol. The SMILES string of the molecule is CNc1ccnc(C(=O)N(C)C2CCCN(C)C2)c1. The maximum absolute atomic E-state index is 12.4. The van der Waals surface area contributed by atoms with E-state index in [0.717, 1.165) is 31.6 Å². The lowest BCUT2D eigenvalue weighted by Crippen LogP contribution is -2.47. The third kappa shape index (κ3) is 3.23. The maximum Gasteiger partial charge on any atom is 0.272 e. The molecule has 19 heavy (non-hydrogen) atoms. The molecule has 1 aromatic heterocycles. The van der Waals surface area contributed by atoms with Gasteiger partial charge in [-0.3, -0.25) is 9.78 Å². The van der Waals surface area contributed by atoms with E-state index in [-0.39, 0.29) is 11.9 Å². The number of nitrogens with one attached hydrogen (secondary N) is 1. The van der Waals surface area contributed by atoms with Gasteiger partial charge in [0.25, 0.3) is 5.91 Å². The fraction of sp³-hybridized carbons (Fsp3) is 0.571. The first kappa shape index (κ1) is 13.8. The number of pyridine rings is 1. The lowest BCUT2D eigenvalue weighted by molar-refractivity contribution is 0.0638. The van der Waals surface area contributed by atoms with Crippen LogP contribution in [-0.4, -0.2) is 61.0 Å². The van der Waals surface area contributed by atoms with E-state index in [0.29, 0.717) is 5.69 Å². The van der Waals surface area contributed by atoms with Crippen LogP contribution in [0.2, 0.25) is 0 Å². The van der Waals surface area contributed by atoms with Crippen molar-refractivity contribution >= 4 is 11.6 Å². The summed E-state index contributed by atoms with van der Waals surface area (Å²) in [5.41, 5.74) is 1.41. The molecule has 0 saturated carbocycles. The van der Waals surface area contributed by atoms with E-state index in [9.17, 15) is 4.79 Å². The number of nitrogens with zero attached hydrogens (tertiary/aromatic N) is 3. The van der Waals surface area contributed by atoms with Gasteiger partial charge >= 0.3 is 0 Å². The number of amides is 1. The predicted octanol–water partition coefficient (Wildman–Crippen LogP) is 1.29. The average Bonchev–Trinajstić information content (AvgIpc) is 2.45. The highest BCUT2D eigenvalue weighted by atomic mass is 16.2. The van der Waals surface area contributed by atoms with E-state index in [1.807, 2.05) is 25.1 Å². The molecule has 1 atom stereocenters. The molecule has 1 aromatic rings. The Hall–Kier alpha value is -1.62. The Morgan fingerprint density at radius 2 is 2.37 bits per heavy atom. The quantitative estimate of drug-likeness (QED) is 0.891. The van der Waals surface area contributed by atoms with Crippen molar-refractivity contribution < 1.29 is 4.79 Å². The van der Waals surface area contributed by atoms with Crippen LogP contribution >= 0.6 is 0 Å². The molecule has 2 heterocycles. The Morgan fingerprint density at radius 1 is 1.58 bits per heavy atom. The van der Waals surface area contributed by atoms with Gasteiger partial charge in [-0.25, -0.2) is 0 Å². The summed E-state index contributed by atoms with van der Waals surface area (Å²) in [4.78, 5) is 20.7. The number of aromatic nitrogens is 1. The number of likely N-dealkylation sites (tertiary alicyclic amines) is 1. The van der Waals surface area contributed by atoms with Crippen LogP contribution in [-0.2, 0) is 0 Å². The number of rotatable bonds is 3. The smallest absolute Gasteiger partial charge is 0.272 e. The van der Waals surface area contributed by atoms with Crippen LogP contribution in [0.5, 0.6) is 0 Å². The lowest BCUT2D eigenvalue weighted by Gasteiger charge is -2.35. The Balaban J connectivity index is 2.09. The van der Waals surface area contributed by atoms with E-state index in [1.54, 1.807) is 12.3 Å². The molecule has 1 unspecified atom stereocenters. The summed E-state index contributed by atoms with van der Waals surface area (Å²) in [5, 5.41) is 3.03. The number of anilines is 1. The summed E-state index contributed by atoms with van der Waals surface area (Å²) < 4.78 is 0. The molecule has 1 saturated heterocycles. The van der Waals surface area contributed by atoms with Crippen molar-refractivity contribution in [1.82, 2.24) is 14.8 Å². The largest absolute Gasteiger partial charge is 0.388 e. The van der Waals surface area contributed by atoms with Crippen LogP contribution in [0, 0.1) is 0 Å². The normalized spacial score (nSPS) is 20.1. The summed E-state index contributed by atoms with van der Waals surface area (Å²) in [7, 11) is 5.81. The first-order chi connectivity index (χ1) is 9.11. The number of carbonyl (C=O) groups excluding carboxylic acids is 1. The van der Waals surface area contributed by atoms with Crippen molar-refractivity contribution in [2.75, 3.05) is 39.5 Å². The second-order valence-corrected chi connectivity index (χ2v) is 5.15. The Morgan fingerprint density at radius 3 is 3.05 bits per heavy atom. The fourth-order valence-corrected chi connectivity index (χ4v) is 2.50. The number of hydrogen-bond acceptors (Lipinski definition) is 4. The van der Waals surface area contributed by atoms with Gasteiger partial charge in [-0.1, -0.05) is 0 Å². The maximum atomic E-state index is 12.4. The van der Waals surface area contributed by atoms with Crippen molar-refractivity contribution in [2.45, 2.75) is 18.9 Å². The Labute approximate surface area is 114 Å². The molecule has 1 aliphatic rings. The third-order valence-electron chi connectivity index (χ3n) is 3.74. The van der Waals surface area contributed by atoms with E-state index < -0.39 is 0 Å². The van der Waals surface area contributed by atoms with E-state index in [4.69, 9.17) is 0 Å². The zero-order valence-electron chi connectivity index (χ0n) is 11.9. The summed E-state index contributed by atoms with van der Waals surface area (Å²) in [5.74, 6) is -0.00241. The van der Waals surface area contributed by atoms with Gasteiger partial charge in [-0.2, -0.15) is 0 Å². The van der Waals surface area contributed by atoms with Gasteiger partial charge in [-0.15, -0.1) is 0 Å². The van der Waals surface area contributed by atoms with E-state index >= 15 is 0 Å². The zero-order valence-corrected chi connectivity index (χ0v) is 11.9. The van der Waals surface area contributed by atoms with Crippen LogP contribution in [0.1, 0.15) is 23.3 Å². The molecule has 2 rings (SSSR count). The Kier molecular flexibility index (Phi) is 4.37. The van der Waals surface area contributed by atoms with Crippen molar-refractivity contribution in [3.63, 3.8) is 0 Å². The van der Waals surface area contributed by atoms with Crippen LogP contribution in [0.3, 0.4) is 0 Å². The molecule has 104 valence electrons. The number of carbonyl (C=O) groups is 1. The number of piperidine rings is 1. The minimum Gasteiger partial charge on any atom is -0.388 e. The fourth-order valence-electron chi connectivity index (χ4n) is 2.50. The summed E-state index contributed by atoms with van der Waals surface area (Å²) in [6.45, 7) is 2.06. The molecule has 5 nitrogen and oxygen atoms in total. The molecular formula is C14H22N4O. The van der Waals surface area contributed by atoms with E-state index in [1.165, 1.54) is 0 Å². The van der Waals surface area contributed by atoms with Gasteiger partial charge in [0, 0.05) is 38.6 Å². The molecule has 1 amide bonds. The molecule has 5 heteroatoms. The van der Waals surface area contributed by atoms with Crippen molar-refractivity contribution in [2.24, 2.45) is 0 Å². The molecule has 1 fully saturated rings. The van der Waals surface area contributed by atoms with Gasteiger partial charge in [0.05, 0.1) is 0 Å². The summed E-state index contributed by atoms with van der Waals surface area (Å²) in [6, 6.07) is 3.93. The molecule has 0 radical (unpaired) electrons.